The molecule has 232 valence electrons. The Balaban J connectivity index is 1.03. The lowest BCUT2D eigenvalue weighted by atomic mass is 9.97. The molecule has 2 saturated heterocycles. The topological polar surface area (TPSA) is 97.3 Å². The molecule has 0 radical (unpaired) electrons. The summed E-state index contributed by atoms with van der Waals surface area (Å²) in [6.07, 6.45) is 1.53. The molecule has 1 unspecified atom stereocenters. The smallest absolute Gasteiger partial charge is 0.310 e. The Morgan fingerprint density at radius 2 is 1.84 bits per heavy atom. The minimum absolute atomic E-state index is 0.0650. The van der Waals surface area contributed by atoms with Gasteiger partial charge in [0.2, 0.25) is 6.79 Å². The van der Waals surface area contributed by atoms with E-state index >= 15 is 0 Å². The molecule has 2 fully saturated rings. The number of anilines is 1. The van der Waals surface area contributed by atoms with E-state index in [1.807, 2.05) is 36.4 Å². The van der Waals surface area contributed by atoms with Crippen molar-refractivity contribution in [1.82, 2.24) is 19.8 Å². The van der Waals surface area contributed by atoms with Gasteiger partial charge in [-0.1, -0.05) is 41.6 Å². The maximum Gasteiger partial charge on any atom is 0.310 e. The van der Waals surface area contributed by atoms with Gasteiger partial charge in [0.1, 0.15) is 11.0 Å². The standard InChI is InChI=1S/C32H36ClN5O5S/c1-2-41-31(40)25-7-4-10-38(19-25)30(39)24-6-3-5-23(15-24)20-44-32-34-28(33)17-29(35-32)37-13-11-36(12-14-37)18-22-8-9-26-27(16-22)43-21-42-26/h3,5-6,8-9,15-17,25H,2,4,7,10-14,18-21H2,1H3. The van der Waals surface area contributed by atoms with E-state index < -0.39 is 0 Å². The van der Waals surface area contributed by atoms with E-state index in [1.54, 1.807) is 11.8 Å². The molecule has 10 nitrogen and oxygen atoms in total. The zero-order chi connectivity index (χ0) is 30.5. The molecule has 6 rings (SSSR count). The van der Waals surface area contributed by atoms with Gasteiger partial charge in [0.15, 0.2) is 16.7 Å². The minimum atomic E-state index is -0.265. The number of likely N-dealkylation sites (tertiary alicyclic amines) is 1. The van der Waals surface area contributed by atoms with Crippen LogP contribution in [0.1, 0.15) is 41.3 Å². The molecular weight excluding hydrogens is 602 g/mol. The maximum absolute atomic E-state index is 13.3. The van der Waals surface area contributed by atoms with E-state index in [9.17, 15) is 9.59 Å². The number of nitrogens with zero attached hydrogens (tertiary/aromatic N) is 5. The van der Waals surface area contributed by atoms with Gasteiger partial charge in [-0.15, -0.1) is 0 Å². The van der Waals surface area contributed by atoms with Crippen molar-refractivity contribution in [2.24, 2.45) is 5.92 Å². The fourth-order valence-corrected chi connectivity index (χ4v) is 6.81. The predicted molar refractivity (Wildman–Crippen MR) is 168 cm³/mol. The Hall–Kier alpha value is -3.54. The third-order valence-electron chi connectivity index (χ3n) is 8.07. The van der Waals surface area contributed by atoms with Crippen LogP contribution in [0.5, 0.6) is 11.5 Å². The number of esters is 1. The SMILES string of the molecule is CCOC(=O)C1CCCN(C(=O)c2cccc(CSc3nc(Cl)cc(N4CCN(Cc5ccc6c(c5)OCO6)CC4)n3)c2)C1. The molecule has 1 aromatic heterocycles. The number of piperazine rings is 1. The first-order valence-corrected chi connectivity index (χ1v) is 16.4. The van der Waals surface area contributed by atoms with E-state index in [-0.39, 0.29) is 24.6 Å². The number of benzene rings is 2. The number of hydrogen-bond donors (Lipinski definition) is 0. The van der Waals surface area contributed by atoms with Crippen molar-refractivity contribution in [2.75, 3.05) is 57.6 Å². The quantitative estimate of drug-likeness (QED) is 0.140. The van der Waals surface area contributed by atoms with Gasteiger partial charge in [-0.3, -0.25) is 14.5 Å². The third kappa shape index (κ3) is 7.39. The van der Waals surface area contributed by atoms with Crippen LogP contribution in [0.3, 0.4) is 0 Å². The highest BCUT2D eigenvalue weighted by molar-refractivity contribution is 7.98. The predicted octanol–water partition coefficient (Wildman–Crippen LogP) is 4.89. The number of rotatable bonds is 9. The number of amides is 1. The highest BCUT2D eigenvalue weighted by Crippen LogP contribution is 2.33. The van der Waals surface area contributed by atoms with Gasteiger partial charge in [0.05, 0.1) is 12.5 Å². The number of carbonyl (C=O) groups excluding carboxylic acids is 2. The number of hydrogen-bond acceptors (Lipinski definition) is 10. The Bertz CT molecular complexity index is 1500. The zero-order valence-corrected chi connectivity index (χ0v) is 26.3. The summed E-state index contributed by atoms with van der Waals surface area (Å²) in [5.74, 6) is 2.47. The van der Waals surface area contributed by atoms with Crippen LogP contribution in [-0.2, 0) is 21.8 Å². The van der Waals surface area contributed by atoms with Crippen LogP contribution in [0, 0.1) is 5.92 Å². The molecule has 1 amide bonds. The van der Waals surface area contributed by atoms with Crippen LogP contribution in [0.25, 0.3) is 0 Å². The van der Waals surface area contributed by atoms with E-state index in [2.05, 4.69) is 26.9 Å². The van der Waals surface area contributed by atoms with Crippen molar-refractivity contribution in [2.45, 2.75) is 37.2 Å². The van der Waals surface area contributed by atoms with Gasteiger partial charge in [0, 0.05) is 63.2 Å². The van der Waals surface area contributed by atoms with Gasteiger partial charge in [0.25, 0.3) is 5.91 Å². The van der Waals surface area contributed by atoms with Crippen molar-refractivity contribution in [3.8, 4) is 11.5 Å². The fourth-order valence-electron chi connectivity index (χ4n) is 5.78. The Kier molecular flexibility index (Phi) is 9.73. The molecule has 2 aromatic carbocycles. The van der Waals surface area contributed by atoms with E-state index in [0.717, 1.165) is 68.4 Å². The number of thioether (sulfide) groups is 1. The molecule has 0 aliphatic carbocycles. The lowest BCUT2D eigenvalue weighted by Gasteiger charge is -2.35. The van der Waals surface area contributed by atoms with Crippen molar-refractivity contribution < 1.29 is 23.8 Å². The summed E-state index contributed by atoms with van der Waals surface area (Å²) in [6, 6.07) is 15.6. The third-order valence-corrected chi connectivity index (χ3v) is 9.18. The zero-order valence-electron chi connectivity index (χ0n) is 24.7. The highest BCUT2D eigenvalue weighted by atomic mass is 35.5. The summed E-state index contributed by atoms with van der Waals surface area (Å²) in [7, 11) is 0. The molecule has 3 aliphatic rings. The van der Waals surface area contributed by atoms with Crippen LogP contribution in [-0.4, -0.2) is 84.3 Å². The Morgan fingerprint density at radius 3 is 2.68 bits per heavy atom. The second kappa shape index (κ2) is 14.0. The molecule has 44 heavy (non-hydrogen) atoms. The molecule has 0 spiro atoms. The molecule has 12 heteroatoms. The summed E-state index contributed by atoms with van der Waals surface area (Å²) >= 11 is 7.92. The van der Waals surface area contributed by atoms with Crippen LogP contribution >= 0.6 is 23.4 Å². The van der Waals surface area contributed by atoms with Crippen LogP contribution in [0.15, 0.2) is 53.7 Å². The average molecular weight is 638 g/mol. The molecule has 0 bridgehead atoms. The van der Waals surface area contributed by atoms with Gasteiger partial charge in [-0.25, -0.2) is 9.97 Å². The first kappa shape index (κ1) is 30.5. The number of aromatic nitrogens is 2. The Morgan fingerprint density at radius 1 is 1.00 bits per heavy atom. The second-order valence-corrected chi connectivity index (χ2v) is 12.4. The molecular formula is C32H36ClN5O5S. The number of piperidine rings is 1. The lowest BCUT2D eigenvalue weighted by Crippen LogP contribution is -2.46. The molecule has 0 saturated carbocycles. The number of fused-ring (bicyclic) bond motifs is 1. The maximum atomic E-state index is 13.3. The van der Waals surface area contributed by atoms with Crippen molar-refractivity contribution >= 4 is 41.1 Å². The summed E-state index contributed by atoms with van der Waals surface area (Å²) in [6.45, 7) is 7.77. The van der Waals surface area contributed by atoms with E-state index in [0.29, 0.717) is 41.3 Å². The highest BCUT2D eigenvalue weighted by Gasteiger charge is 2.30. The lowest BCUT2D eigenvalue weighted by molar-refractivity contribution is -0.149. The summed E-state index contributed by atoms with van der Waals surface area (Å²) in [4.78, 5) is 41.2. The fraction of sp³-hybridized carbons (Fsp3) is 0.438. The molecule has 0 N–H and O–H groups in total. The van der Waals surface area contributed by atoms with Crippen molar-refractivity contribution in [3.05, 3.63) is 70.4 Å². The summed E-state index contributed by atoms with van der Waals surface area (Å²) in [5.41, 5.74) is 2.80. The van der Waals surface area contributed by atoms with Crippen LogP contribution in [0.2, 0.25) is 5.15 Å². The number of ether oxygens (including phenoxy) is 3. The van der Waals surface area contributed by atoms with Gasteiger partial charge in [-0.2, -0.15) is 0 Å². The first-order valence-electron chi connectivity index (χ1n) is 15.0. The van der Waals surface area contributed by atoms with Crippen LogP contribution < -0.4 is 14.4 Å². The van der Waals surface area contributed by atoms with E-state index in [4.69, 9.17) is 30.8 Å². The number of carbonyl (C=O) groups is 2. The molecule has 3 aliphatic heterocycles. The number of halogens is 1. The molecule has 4 heterocycles. The molecule has 3 aromatic rings. The van der Waals surface area contributed by atoms with Gasteiger partial charge >= 0.3 is 5.97 Å². The minimum Gasteiger partial charge on any atom is -0.466 e. The monoisotopic (exact) mass is 637 g/mol. The van der Waals surface area contributed by atoms with Gasteiger partial charge < -0.3 is 24.0 Å². The van der Waals surface area contributed by atoms with Crippen LogP contribution in [0.4, 0.5) is 5.82 Å². The Labute approximate surface area is 266 Å². The van der Waals surface area contributed by atoms with Crippen molar-refractivity contribution in [1.29, 1.82) is 0 Å². The summed E-state index contributed by atoms with van der Waals surface area (Å²) in [5, 5.41) is 1.01. The van der Waals surface area contributed by atoms with Crippen molar-refractivity contribution in [3.63, 3.8) is 0 Å². The van der Waals surface area contributed by atoms with E-state index in [1.165, 1.54) is 17.3 Å². The first-order chi connectivity index (χ1) is 21.4. The normalized spacial score (nSPS) is 18.4. The average Bonchev–Trinajstić information content (AvgIpc) is 3.52. The summed E-state index contributed by atoms with van der Waals surface area (Å²) < 4.78 is 16.1. The largest absolute Gasteiger partial charge is 0.466 e. The van der Waals surface area contributed by atoms with Gasteiger partial charge in [-0.05, 0) is 55.2 Å². The molecule has 1 atom stereocenters. The second-order valence-electron chi connectivity index (χ2n) is 11.1.